The highest BCUT2D eigenvalue weighted by atomic mass is 16.5. The van der Waals surface area contributed by atoms with Gasteiger partial charge in [-0.25, -0.2) is 0 Å². The zero-order valence-electron chi connectivity index (χ0n) is 11.0. The lowest BCUT2D eigenvalue weighted by Crippen LogP contribution is -2.33. The van der Waals surface area contributed by atoms with Gasteiger partial charge in [0.15, 0.2) is 0 Å². The van der Waals surface area contributed by atoms with Crippen molar-refractivity contribution in [3.8, 4) is 0 Å². The van der Waals surface area contributed by atoms with Crippen molar-refractivity contribution >= 4 is 0 Å². The Kier molecular flexibility index (Phi) is 4.60. The Morgan fingerprint density at radius 1 is 1.33 bits per heavy atom. The van der Waals surface area contributed by atoms with Crippen LogP contribution in [0.2, 0.25) is 0 Å². The molecule has 2 nitrogen and oxygen atoms in total. The summed E-state index contributed by atoms with van der Waals surface area (Å²) in [5, 5.41) is 3.30. The predicted molar refractivity (Wildman–Crippen MR) is 65.1 cm³/mol. The quantitative estimate of drug-likeness (QED) is 0.775. The fraction of sp³-hybridized carbons (Fsp3) is 1.00. The van der Waals surface area contributed by atoms with E-state index in [2.05, 4.69) is 33.0 Å². The maximum Gasteiger partial charge on any atom is 0.0583 e. The molecule has 1 rings (SSSR count). The van der Waals surface area contributed by atoms with E-state index in [0.29, 0.717) is 23.5 Å². The summed E-state index contributed by atoms with van der Waals surface area (Å²) in [6.07, 6.45) is 4.66. The van der Waals surface area contributed by atoms with Crippen LogP contribution in [0.25, 0.3) is 0 Å². The van der Waals surface area contributed by atoms with Crippen LogP contribution in [0.5, 0.6) is 0 Å². The van der Waals surface area contributed by atoms with Gasteiger partial charge in [-0.3, -0.25) is 0 Å². The monoisotopic (exact) mass is 213 g/mol. The summed E-state index contributed by atoms with van der Waals surface area (Å²) in [5.74, 6) is 0.706. The smallest absolute Gasteiger partial charge is 0.0583 e. The van der Waals surface area contributed by atoms with Gasteiger partial charge < -0.3 is 10.1 Å². The molecule has 1 saturated heterocycles. The molecule has 90 valence electrons. The average Bonchev–Trinajstić information content (AvgIpc) is 2.49. The summed E-state index contributed by atoms with van der Waals surface area (Å²) in [7, 11) is 2.04. The molecule has 0 aliphatic carbocycles. The summed E-state index contributed by atoms with van der Waals surface area (Å²) < 4.78 is 5.91. The van der Waals surface area contributed by atoms with Crippen LogP contribution in [-0.4, -0.2) is 25.8 Å². The Hall–Kier alpha value is -0.0800. The molecular formula is C13H27NO. The third-order valence-electron chi connectivity index (χ3n) is 3.54. The van der Waals surface area contributed by atoms with Crippen molar-refractivity contribution in [1.29, 1.82) is 0 Å². The first-order valence-corrected chi connectivity index (χ1v) is 6.23. The molecule has 0 bridgehead atoms. The van der Waals surface area contributed by atoms with Crippen molar-refractivity contribution in [2.45, 2.75) is 59.2 Å². The normalized spacial score (nSPS) is 29.4. The van der Waals surface area contributed by atoms with Gasteiger partial charge in [0.2, 0.25) is 0 Å². The van der Waals surface area contributed by atoms with Crippen LogP contribution in [0.3, 0.4) is 0 Å². The maximum absolute atomic E-state index is 5.91. The van der Waals surface area contributed by atoms with E-state index in [9.17, 15) is 0 Å². The second kappa shape index (κ2) is 5.31. The van der Waals surface area contributed by atoms with Gasteiger partial charge in [0.1, 0.15) is 0 Å². The van der Waals surface area contributed by atoms with Gasteiger partial charge in [0, 0.05) is 0 Å². The number of hydrogen-bond donors (Lipinski definition) is 1. The summed E-state index contributed by atoms with van der Waals surface area (Å²) in [6, 6.07) is 0. The van der Waals surface area contributed by atoms with Crippen LogP contribution >= 0.6 is 0 Å². The zero-order valence-corrected chi connectivity index (χ0v) is 11.0. The highest BCUT2D eigenvalue weighted by Crippen LogP contribution is 2.33. The first-order chi connectivity index (χ1) is 6.93. The summed E-state index contributed by atoms with van der Waals surface area (Å²) >= 11 is 0. The molecule has 0 radical (unpaired) electrons. The van der Waals surface area contributed by atoms with Gasteiger partial charge in [-0.15, -0.1) is 0 Å². The minimum absolute atomic E-state index is 0.373. The fourth-order valence-corrected chi connectivity index (χ4v) is 2.37. The number of rotatable bonds is 4. The van der Waals surface area contributed by atoms with Crippen molar-refractivity contribution in [1.82, 2.24) is 5.32 Å². The number of ether oxygens (including phenoxy) is 1. The highest BCUT2D eigenvalue weighted by Gasteiger charge is 2.30. The largest absolute Gasteiger partial charge is 0.375 e. The molecule has 0 spiro atoms. The average molecular weight is 213 g/mol. The third kappa shape index (κ3) is 4.12. The first-order valence-electron chi connectivity index (χ1n) is 6.23. The molecular weight excluding hydrogens is 186 g/mol. The molecule has 1 N–H and O–H groups in total. The minimum atomic E-state index is 0.373. The first kappa shape index (κ1) is 13.0. The van der Waals surface area contributed by atoms with E-state index >= 15 is 0 Å². The summed E-state index contributed by atoms with van der Waals surface area (Å²) in [6.45, 7) is 10.3. The molecule has 0 saturated carbocycles. The highest BCUT2D eigenvalue weighted by molar-refractivity contribution is 4.81. The van der Waals surface area contributed by atoms with E-state index in [1.807, 2.05) is 7.05 Å². The van der Waals surface area contributed by atoms with Crippen molar-refractivity contribution in [3.05, 3.63) is 0 Å². The molecule has 1 heterocycles. The van der Waals surface area contributed by atoms with Gasteiger partial charge in [0.05, 0.1) is 12.2 Å². The Labute approximate surface area is 94.8 Å². The van der Waals surface area contributed by atoms with E-state index in [4.69, 9.17) is 4.74 Å². The Morgan fingerprint density at radius 3 is 2.40 bits per heavy atom. The molecule has 15 heavy (non-hydrogen) atoms. The van der Waals surface area contributed by atoms with Crippen LogP contribution in [0.4, 0.5) is 0 Å². The van der Waals surface area contributed by atoms with Crippen LogP contribution in [0, 0.1) is 11.3 Å². The molecule has 1 aliphatic heterocycles. The molecule has 1 fully saturated rings. The van der Waals surface area contributed by atoms with Crippen LogP contribution in [0.15, 0.2) is 0 Å². The van der Waals surface area contributed by atoms with E-state index in [-0.39, 0.29) is 0 Å². The number of nitrogens with one attached hydrogen (secondary N) is 1. The van der Waals surface area contributed by atoms with Crippen LogP contribution < -0.4 is 5.32 Å². The molecule has 3 atom stereocenters. The van der Waals surface area contributed by atoms with Crippen LogP contribution in [0.1, 0.15) is 47.0 Å². The lowest BCUT2D eigenvalue weighted by Gasteiger charge is -2.32. The van der Waals surface area contributed by atoms with Crippen molar-refractivity contribution in [3.63, 3.8) is 0 Å². The topological polar surface area (TPSA) is 21.3 Å². The van der Waals surface area contributed by atoms with Gasteiger partial charge in [0.25, 0.3) is 0 Å². The molecule has 0 aromatic rings. The molecule has 0 aromatic carbocycles. The molecule has 1 aliphatic rings. The molecule has 0 aromatic heterocycles. The van der Waals surface area contributed by atoms with Crippen LogP contribution in [-0.2, 0) is 4.74 Å². The fourth-order valence-electron chi connectivity index (χ4n) is 2.37. The van der Waals surface area contributed by atoms with E-state index in [1.165, 1.54) is 19.3 Å². The van der Waals surface area contributed by atoms with Crippen molar-refractivity contribution < 1.29 is 4.74 Å². The third-order valence-corrected chi connectivity index (χ3v) is 3.54. The van der Waals surface area contributed by atoms with E-state index < -0.39 is 0 Å². The van der Waals surface area contributed by atoms with Gasteiger partial charge >= 0.3 is 0 Å². The SMILES string of the molecule is CNCC(CC1CCC(C)O1)C(C)(C)C. The van der Waals surface area contributed by atoms with Crippen molar-refractivity contribution in [2.75, 3.05) is 13.6 Å². The maximum atomic E-state index is 5.91. The molecule has 2 heteroatoms. The minimum Gasteiger partial charge on any atom is -0.375 e. The van der Waals surface area contributed by atoms with Gasteiger partial charge in [-0.2, -0.15) is 0 Å². The predicted octanol–water partition coefficient (Wildman–Crippen LogP) is 2.83. The number of hydrogen-bond acceptors (Lipinski definition) is 2. The lowest BCUT2D eigenvalue weighted by atomic mass is 9.77. The Balaban J connectivity index is 2.44. The molecule has 0 amide bonds. The zero-order chi connectivity index (χ0) is 11.5. The second-order valence-corrected chi connectivity index (χ2v) is 6.00. The standard InChI is InChI=1S/C13H27NO/c1-10-6-7-12(15-10)8-11(9-14-5)13(2,3)4/h10-12,14H,6-9H2,1-5H3. The van der Waals surface area contributed by atoms with E-state index in [0.717, 1.165) is 6.54 Å². The Bertz CT molecular complexity index is 185. The second-order valence-electron chi connectivity index (χ2n) is 6.00. The summed E-state index contributed by atoms with van der Waals surface area (Å²) in [4.78, 5) is 0. The van der Waals surface area contributed by atoms with E-state index in [1.54, 1.807) is 0 Å². The Morgan fingerprint density at radius 2 is 2.00 bits per heavy atom. The lowest BCUT2D eigenvalue weighted by molar-refractivity contribution is 0.0272. The summed E-state index contributed by atoms with van der Waals surface area (Å²) in [5.41, 5.74) is 0.373. The van der Waals surface area contributed by atoms with Gasteiger partial charge in [-0.05, 0) is 51.1 Å². The van der Waals surface area contributed by atoms with Gasteiger partial charge in [-0.1, -0.05) is 20.8 Å². The molecule has 3 unspecified atom stereocenters. The van der Waals surface area contributed by atoms with Crippen molar-refractivity contribution in [2.24, 2.45) is 11.3 Å².